The van der Waals surface area contributed by atoms with Crippen LogP contribution >= 0.6 is 0 Å². The van der Waals surface area contributed by atoms with Crippen LogP contribution in [0.4, 0.5) is 0 Å². The molecule has 98 heavy (non-hydrogen) atoms. The van der Waals surface area contributed by atoms with Gasteiger partial charge in [0.15, 0.2) is 0 Å². The fraction of sp³-hybridized carbons (Fsp3) is 0.781. The van der Waals surface area contributed by atoms with E-state index in [9.17, 15) is 53.1 Å². The number of benzene rings is 1. The van der Waals surface area contributed by atoms with Gasteiger partial charge >= 0.3 is 0 Å². The molecule has 25 nitrogen and oxygen atoms in total. The van der Waals surface area contributed by atoms with Crippen molar-refractivity contribution in [3.05, 3.63) is 29.8 Å². The third-order valence-electron chi connectivity index (χ3n) is 21.9. The molecule has 25 heteroatoms. The Bertz CT molecular complexity index is 2720. The van der Waals surface area contributed by atoms with Crippen molar-refractivity contribution < 1.29 is 53.1 Å². The summed E-state index contributed by atoms with van der Waals surface area (Å²) in [5, 5.41) is 38.2. The largest absolute Gasteiger partial charge is 0.508 e. The van der Waals surface area contributed by atoms with E-state index >= 15 is 0 Å². The smallest absolute Gasteiger partial charge is 0.225 e. The number of hydrogen-bond donors (Lipinski definition) is 15. The lowest BCUT2D eigenvalue weighted by Crippen LogP contribution is -2.55. The number of amides is 10. The number of nitrogens with two attached hydrogens (primary N) is 5. The number of carbonyl (C=O) groups is 10. The van der Waals surface area contributed by atoms with Crippen molar-refractivity contribution >= 4 is 59.1 Å². The first-order chi connectivity index (χ1) is 47.3. The van der Waals surface area contributed by atoms with Gasteiger partial charge in [0.2, 0.25) is 59.1 Å². The molecule has 0 spiro atoms. The molecule has 6 saturated carbocycles. The highest BCUT2D eigenvalue weighted by molar-refractivity contribution is 5.88. The van der Waals surface area contributed by atoms with Crippen LogP contribution in [0.5, 0.6) is 5.75 Å². The van der Waals surface area contributed by atoms with Gasteiger partial charge in [0, 0.05) is 86.1 Å². The van der Waals surface area contributed by atoms with Gasteiger partial charge in [0.1, 0.15) is 5.75 Å². The zero-order chi connectivity index (χ0) is 70.3. The first kappa shape index (κ1) is 78.9. The van der Waals surface area contributed by atoms with E-state index in [1.54, 1.807) is 24.3 Å². The molecule has 0 aliphatic heterocycles. The molecule has 1 aromatic carbocycles. The third-order valence-corrected chi connectivity index (χ3v) is 21.9. The molecule has 7 rings (SSSR count). The summed E-state index contributed by atoms with van der Waals surface area (Å²) in [7, 11) is 0. The van der Waals surface area contributed by atoms with Gasteiger partial charge in [-0.1, -0.05) is 108 Å². The van der Waals surface area contributed by atoms with Gasteiger partial charge in [0.25, 0.3) is 0 Å². The van der Waals surface area contributed by atoms with Crippen LogP contribution in [-0.2, 0) is 54.4 Å². The highest BCUT2D eigenvalue weighted by Gasteiger charge is 2.41. The Morgan fingerprint density at radius 2 is 0.622 bits per heavy atom. The van der Waals surface area contributed by atoms with Crippen LogP contribution in [0.3, 0.4) is 0 Å². The number of hydrogen-bond acceptors (Lipinski definition) is 15. The fourth-order valence-corrected chi connectivity index (χ4v) is 16.5. The maximum absolute atomic E-state index is 14.5. The van der Waals surface area contributed by atoms with Crippen LogP contribution in [0, 0.1) is 35.5 Å². The number of rotatable bonds is 37. The van der Waals surface area contributed by atoms with Crippen LogP contribution in [0.2, 0.25) is 0 Å². The summed E-state index contributed by atoms with van der Waals surface area (Å²) in [6, 6.07) is 2.15. The molecule has 6 aliphatic rings. The van der Waals surface area contributed by atoms with E-state index in [-0.39, 0.29) is 96.7 Å². The molecule has 16 atom stereocenters. The summed E-state index contributed by atoms with van der Waals surface area (Å²) < 4.78 is 0. The van der Waals surface area contributed by atoms with Gasteiger partial charge in [-0.2, -0.15) is 0 Å². The monoisotopic (exact) mass is 1370 g/mol. The lowest BCUT2D eigenvalue weighted by Gasteiger charge is -2.36. The minimum absolute atomic E-state index is 0.00288. The van der Waals surface area contributed by atoms with Gasteiger partial charge in [-0.15, -0.1) is 0 Å². The maximum Gasteiger partial charge on any atom is 0.225 e. The second-order valence-corrected chi connectivity index (χ2v) is 29.6. The quantitative estimate of drug-likeness (QED) is 0.0415. The normalized spacial score (nSPS) is 27.0. The fourth-order valence-electron chi connectivity index (χ4n) is 16.5. The summed E-state index contributed by atoms with van der Waals surface area (Å²) in [5.74, 6) is -5.47. The number of carbonyl (C=O) groups excluding carboxylic acids is 10. The molecule has 20 N–H and O–H groups in total. The standard InChI is InChI=1S/C73H122N14O11/c74-38-16-13-19-48(43-65(90)83-59-29-8-2-23-53(59)70(95)80-49(20-14-17-39-75)44-67(92)85-62-32-11-5-26-56(62)72(97)86-58-28-7-1-22-52(58)68(78)93)79-69(94)54-24-3-9-30-60(54)84-66(91)45-50(21-15-18-40-76)81-71(96)57-27-6-12-33-63(57)87-73(98)55-25-4-10-31-61(55)82-64(89)42-47(77)41-46-34-36-51(88)37-35-46/h34-37,47-50,52-63,88H,1-33,38-45,74-77H2,(H2,78,93)(H,79,94)(H,80,95)(H,81,96)(H,82,89)(H,83,90)(H,84,91)(H,85,92)(H,86,97)(H,87,98)/t47-,48-,49-,50-,52-,53-,54-,55-,56-,57-,58-,59-,60-,61-,62-,63-/m1/s1. The van der Waals surface area contributed by atoms with Gasteiger partial charge in [-0.25, -0.2) is 0 Å². The summed E-state index contributed by atoms with van der Waals surface area (Å²) >= 11 is 0. The van der Waals surface area contributed by atoms with Crippen molar-refractivity contribution in [2.75, 3.05) is 19.6 Å². The van der Waals surface area contributed by atoms with Crippen molar-refractivity contribution in [2.45, 2.75) is 304 Å². The van der Waals surface area contributed by atoms with E-state index in [1.807, 2.05) is 0 Å². The first-order valence-corrected chi connectivity index (χ1v) is 37.9. The molecule has 10 amide bonds. The average Bonchev–Trinajstić information content (AvgIpc) is 0.851. The molecule has 550 valence electrons. The van der Waals surface area contributed by atoms with Crippen LogP contribution in [-0.4, -0.2) is 144 Å². The summed E-state index contributed by atoms with van der Waals surface area (Å²) in [4.78, 5) is 139. The molecule has 0 aromatic heterocycles. The molecule has 1 aromatic rings. The second kappa shape index (κ2) is 42.0. The Morgan fingerprint density at radius 3 is 0.929 bits per heavy atom. The second-order valence-electron chi connectivity index (χ2n) is 29.6. The van der Waals surface area contributed by atoms with Crippen molar-refractivity contribution in [1.82, 2.24) is 47.9 Å². The molecular formula is C73H122N14O11. The van der Waals surface area contributed by atoms with Crippen molar-refractivity contribution in [3.8, 4) is 5.75 Å². The van der Waals surface area contributed by atoms with Crippen molar-refractivity contribution in [2.24, 2.45) is 64.2 Å². The van der Waals surface area contributed by atoms with E-state index in [1.165, 1.54) is 0 Å². The van der Waals surface area contributed by atoms with Crippen LogP contribution in [0.1, 0.15) is 243 Å². The third kappa shape index (κ3) is 25.9. The predicted molar refractivity (Wildman–Crippen MR) is 375 cm³/mol. The molecule has 6 aliphatic carbocycles. The zero-order valence-corrected chi connectivity index (χ0v) is 58.5. The molecule has 0 saturated heterocycles. The first-order valence-electron chi connectivity index (χ1n) is 37.9. The van der Waals surface area contributed by atoms with Crippen molar-refractivity contribution in [1.29, 1.82) is 0 Å². The van der Waals surface area contributed by atoms with Gasteiger partial charge in [0.05, 0.1) is 35.5 Å². The Hall–Kier alpha value is -6.44. The Morgan fingerprint density at radius 1 is 0.357 bits per heavy atom. The Balaban J connectivity index is 0.913. The van der Waals surface area contributed by atoms with Gasteiger partial charge < -0.3 is 81.6 Å². The Labute approximate surface area is 581 Å². The highest BCUT2D eigenvalue weighted by atomic mass is 16.3. The maximum atomic E-state index is 14.5. The van der Waals surface area contributed by atoms with Crippen LogP contribution in [0.15, 0.2) is 24.3 Å². The lowest BCUT2D eigenvalue weighted by atomic mass is 9.81. The number of phenolic OH excluding ortho intramolecular Hbond substituents is 1. The number of primary amides is 1. The average molecular weight is 1370 g/mol. The van der Waals surface area contributed by atoms with E-state index in [0.29, 0.717) is 161 Å². The number of nitrogens with one attached hydrogen (secondary N) is 9. The zero-order valence-electron chi connectivity index (χ0n) is 58.5. The van der Waals surface area contributed by atoms with Crippen molar-refractivity contribution in [3.63, 3.8) is 0 Å². The molecule has 0 bridgehead atoms. The Kier molecular flexibility index (Phi) is 33.8. The summed E-state index contributed by atoms with van der Waals surface area (Å²) in [5.41, 5.74) is 30.7. The van der Waals surface area contributed by atoms with E-state index < -0.39 is 89.7 Å². The van der Waals surface area contributed by atoms with Crippen LogP contribution in [0.25, 0.3) is 0 Å². The topological polar surface area (TPSA) is 429 Å². The molecule has 0 unspecified atom stereocenters. The van der Waals surface area contributed by atoms with Gasteiger partial charge in [-0.3, -0.25) is 47.9 Å². The highest BCUT2D eigenvalue weighted by Crippen LogP contribution is 2.33. The molecule has 6 fully saturated rings. The van der Waals surface area contributed by atoms with E-state index in [2.05, 4.69) is 47.9 Å². The molecular weight excluding hydrogens is 1250 g/mol. The minimum Gasteiger partial charge on any atom is -0.508 e. The van der Waals surface area contributed by atoms with Gasteiger partial charge in [-0.05, 0) is 159 Å². The summed E-state index contributed by atoms with van der Waals surface area (Å²) in [6.07, 6.45) is 23.2. The number of aromatic hydroxyl groups is 1. The lowest BCUT2D eigenvalue weighted by molar-refractivity contribution is -0.133. The van der Waals surface area contributed by atoms with E-state index in [0.717, 1.165) is 82.6 Å². The minimum atomic E-state index is -0.574. The van der Waals surface area contributed by atoms with E-state index in [4.69, 9.17) is 28.7 Å². The molecule has 0 heterocycles. The number of unbranched alkanes of at least 4 members (excludes halogenated alkanes) is 3. The van der Waals surface area contributed by atoms with Crippen LogP contribution < -0.4 is 76.5 Å². The molecule has 0 radical (unpaired) electrons. The number of phenols is 1. The SMILES string of the molecule is NCCCC[C@H](CC(=O)N[C@@H]1CCCC[C@H]1C(=O)N[C@H](CCCCN)CC(=O)N[C@@H]1CCCC[C@H]1C(=O)N[C@@H]1CCCC[C@H]1C(N)=O)NC(=O)[C@@H]1CCCC[C@H]1NC(=O)C[C@@H](CCCCN)NC(=O)[C@@H]1CCCC[C@H]1NC(=O)[C@@H]1CCCC[C@H]1NC(=O)C[C@H](N)Cc1ccc(O)cc1. The summed E-state index contributed by atoms with van der Waals surface area (Å²) in [6.45, 7) is 1.34. The predicted octanol–water partition coefficient (Wildman–Crippen LogP) is 4.20.